The van der Waals surface area contributed by atoms with Crippen molar-refractivity contribution >= 4 is 40.2 Å². The summed E-state index contributed by atoms with van der Waals surface area (Å²) in [6.45, 7) is 0.187. The zero-order valence-electron chi connectivity index (χ0n) is 20.5. The highest BCUT2D eigenvalue weighted by Crippen LogP contribution is 2.34. The number of nitrogen functional groups attached to an aromatic ring is 1. The summed E-state index contributed by atoms with van der Waals surface area (Å²) in [5.41, 5.74) is 10.0. The molecule has 1 amide bonds. The molecule has 38 heavy (non-hydrogen) atoms. The second-order valence-electron chi connectivity index (χ2n) is 8.43. The minimum absolute atomic E-state index is 0.0340. The Bertz CT molecular complexity index is 1680. The van der Waals surface area contributed by atoms with Crippen LogP contribution in [-0.2, 0) is 18.3 Å². The molecule has 11 heteroatoms. The van der Waals surface area contributed by atoms with Gasteiger partial charge in [0.2, 0.25) is 0 Å². The van der Waals surface area contributed by atoms with Gasteiger partial charge in [-0.15, -0.1) is 0 Å². The number of benzene rings is 2. The number of carbonyl (C=O) groups excluding carboxylic acids is 2. The van der Waals surface area contributed by atoms with Crippen LogP contribution in [0.1, 0.15) is 26.4 Å². The number of halogens is 1. The molecule has 5 rings (SSSR count). The van der Waals surface area contributed by atoms with Gasteiger partial charge in [-0.1, -0.05) is 29.8 Å². The van der Waals surface area contributed by atoms with Gasteiger partial charge in [-0.25, -0.2) is 14.8 Å². The molecule has 190 valence electrons. The van der Waals surface area contributed by atoms with E-state index in [0.717, 1.165) is 10.9 Å². The molecule has 0 unspecified atom stereocenters. The molecule has 3 aromatic heterocycles. The molecule has 3 N–H and O–H groups in total. The highest BCUT2D eigenvalue weighted by atomic mass is 35.5. The number of nitrogens with two attached hydrogens (primary N) is 1. The molecule has 0 saturated heterocycles. The maximum atomic E-state index is 13.2. The van der Waals surface area contributed by atoms with E-state index in [2.05, 4.69) is 25.4 Å². The van der Waals surface area contributed by atoms with Gasteiger partial charge in [-0.05, 0) is 42.0 Å². The summed E-state index contributed by atoms with van der Waals surface area (Å²) in [6.07, 6.45) is 3.45. The van der Waals surface area contributed by atoms with Crippen LogP contribution in [-0.4, -0.2) is 43.7 Å². The number of fused-ring (bicyclic) bond motifs is 1. The summed E-state index contributed by atoms with van der Waals surface area (Å²) in [4.78, 5) is 38.3. The number of carbonyl (C=O) groups is 2. The van der Waals surface area contributed by atoms with Crippen molar-refractivity contribution in [3.05, 3.63) is 88.8 Å². The fourth-order valence-corrected chi connectivity index (χ4v) is 4.24. The summed E-state index contributed by atoms with van der Waals surface area (Å²) in [7, 11) is 3.11. The second-order valence-corrected chi connectivity index (χ2v) is 8.84. The average molecular weight is 528 g/mol. The summed E-state index contributed by atoms with van der Waals surface area (Å²) >= 11 is 6.54. The third kappa shape index (κ3) is 4.89. The van der Waals surface area contributed by atoms with Crippen molar-refractivity contribution in [1.82, 2.24) is 30.0 Å². The zero-order valence-corrected chi connectivity index (χ0v) is 21.2. The van der Waals surface area contributed by atoms with Gasteiger partial charge in [0.1, 0.15) is 11.4 Å². The largest absolute Gasteiger partial charge is 0.465 e. The topological polar surface area (TPSA) is 138 Å². The van der Waals surface area contributed by atoms with Crippen LogP contribution < -0.4 is 11.1 Å². The van der Waals surface area contributed by atoms with Crippen LogP contribution in [0.2, 0.25) is 5.02 Å². The Labute approximate surface area is 222 Å². The van der Waals surface area contributed by atoms with E-state index in [4.69, 9.17) is 22.1 Å². The van der Waals surface area contributed by atoms with Crippen molar-refractivity contribution in [3.63, 3.8) is 0 Å². The normalized spacial score (nSPS) is 10.9. The maximum Gasteiger partial charge on any atom is 0.337 e. The second kappa shape index (κ2) is 10.3. The molecule has 0 aliphatic carbocycles. The first-order valence-corrected chi connectivity index (χ1v) is 11.9. The van der Waals surface area contributed by atoms with Crippen LogP contribution in [0, 0.1) is 0 Å². The molecule has 0 aliphatic rings. The van der Waals surface area contributed by atoms with Crippen molar-refractivity contribution < 1.29 is 14.3 Å². The Kier molecular flexibility index (Phi) is 6.71. The Morgan fingerprint density at radius 1 is 1.08 bits per heavy atom. The van der Waals surface area contributed by atoms with Crippen molar-refractivity contribution in [2.45, 2.75) is 6.54 Å². The highest BCUT2D eigenvalue weighted by Gasteiger charge is 2.22. The standard InChI is InChI=1S/C27H22ClN7O3/c1-35-11-9-20(34-35)23-22(18-12-17-4-3-10-30-21(17)19(28)13-18)32-24(25(29)33-23)26(36)31-14-15-5-7-16(8-6-15)27(37)38-2/h3-13H,14H2,1-2H3,(H2,29,33)(H,31,36). The van der Waals surface area contributed by atoms with Gasteiger partial charge >= 0.3 is 5.97 Å². The molecule has 0 radical (unpaired) electrons. The van der Waals surface area contributed by atoms with Crippen LogP contribution in [0.5, 0.6) is 0 Å². The van der Waals surface area contributed by atoms with Crippen molar-refractivity contribution in [3.8, 4) is 22.6 Å². The molecule has 0 saturated carbocycles. The SMILES string of the molecule is COC(=O)c1ccc(CNC(=O)c2nc(-c3cc(Cl)c4ncccc4c3)c(-c3ccn(C)n3)nc2N)cc1. The number of ether oxygens (including phenoxy) is 1. The number of nitrogens with one attached hydrogen (secondary N) is 1. The number of nitrogens with zero attached hydrogens (tertiary/aromatic N) is 5. The molecular weight excluding hydrogens is 506 g/mol. The molecule has 0 aliphatic heterocycles. The summed E-state index contributed by atoms with van der Waals surface area (Å²) in [5, 5.41) is 8.50. The highest BCUT2D eigenvalue weighted by molar-refractivity contribution is 6.35. The lowest BCUT2D eigenvalue weighted by atomic mass is 10.0. The van der Waals surface area contributed by atoms with E-state index in [-0.39, 0.29) is 18.1 Å². The first kappa shape index (κ1) is 24.8. The Balaban J connectivity index is 1.52. The van der Waals surface area contributed by atoms with Crippen molar-refractivity contribution in [2.24, 2.45) is 7.05 Å². The molecule has 0 spiro atoms. The van der Waals surface area contributed by atoms with Crippen LogP contribution >= 0.6 is 11.6 Å². The maximum absolute atomic E-state index is 13.2. The van der Waals surface area contributed by atoms with Gasteiger partial charge in [0, 0.05) is 36.9 Å². The molecule has 0 fully saturated rings. The number of anilines is 1. The smallest absolute Gasteiger partial charge is 0.337 e. The van der Waals surface area contributed by atoms with Crippen LogP contribution in [0.25, 0.3) is 33.5 Å². The Morgan fingerprint density at radius 2 is 1.87 bits per heavy atom. The Morgan fingerprint density at radius 3 is 2.58 bits per heavy atom. The lowest BCUT2D eigenvalue weighted by Crippen LogP contribution is -2.26. The number of pyridine rings is 1. The van der Waals surface area contributed by atoms with Gasteiger partial charge < -0.3 is 15.8 Å². The van der Waals surface area contributed by atoms with Gasteiger partial charge in [0.25, 0.3) is 5.91 Å². The Hall–Kier alpha value is -4.83. The summed E-state index contributed by atoms with van der Waals surface area (Å²) in [5.74, 6) is -0.982. The number of aryl methyl sites for hydroxylation is 1. The molecule has 0 bridgehead atoms. The molecular formula is C27H22ClN7O3. The van der Waals surface area contributed by atoms with Crippen molar-refractivity contribution in [2.75, 3.05) is 12.8 Å². The number of amides is 1. The lowest BCUT2D eigenvalue weighted by molar-refractivity contribution is 0.0600. The summed E-state index contributed by atoms with van der Waals surface area (Å²) < 4.78 is 6.35. The number of aromatic nitrogens is 5. The number of hydrogen-bond acceptors (Lipinski definition) is 8. The van der Waals surface area contributed by atoms with E-state index in [9.17, 15) is 9.59 Å². The third-order valence-corrected chi connectivity index (χ3v) is 6.14. The minimum atomic E-state index is -0.505. The van der Waals surface area contributed by atoms with Gasteiger partial charge in [-0.3, -0.25) is 14.5 Å². The number of esters is 1. The first-order valence-electron chi connectivity index (χ1n) is 11.5. The molecule has 0 atom stereocenters. The minimum Gasteiger partial charge on any atom is -0.465 e. The van der Waals surface area contributed by atoms with E-state index in [1.165, 1.54) is 7.11 Å². The van der Waals surface area contributed by atoms with Gasteiger partial charge in [0.15, 0.2) is 11.5 Å². The van der Waals surface area contributed by atoms with E-state index in [0.29, 0.717) is 38.7 Å². The quantitative estimate of drug-likeness (QED) is 0.315. The van der Waals surface area contributed by atoms with E-state index in [1.807, 2.05) is 18.2 Å². The first-order chi connectivity index (χ1) is 18.3. The summed E-state index contributed by atoms with van der Waals surface area (Å²) in [6, 6.07) is 15.8. The molecule has 10 nitrogen and oxygen atoms in total. The van der Waals surface area contributed by atoms with Crippen molar-refractivity contribution in [1.29, 1.82) is 0 Å². The van der Waals surface area contributed by atoms with Crippen LogP contribution in [0.3, 0.4) is 0 Å². The lowest BCUT2D eigenvalue weighted by Gasteiger charge is -2.13. The average Bonchev–Trinajstić information content (AvgIpc) is 3.37. The fourth-order valence-electron chi connectivity index (χ4n) is 3.96. The predicted octanol–water partition coefficient (Wildman–Crippen LogP) is 4.04. The number of methoxy groups -OCH3 is 1. The molecule has 2 aromatic carbocycles. The van der Waals surface area contributed by atoms with E-state index in [1.54, 1.807) is 60.5 Å². The van der Waals surface area contributed by atoms with Crippen LogP contribution in [0.15, 0.2) is 67.0 Å². The van der Waals surface area contributed by atoms with Gasteiger partial charge in [-0.2, -0.15) is 5.10 Å². The van der Waals surface area contributed by atoms with Crippen LogP contribution in [0.4, 0.5) is 5.82 Å². The number of hydrogen-bond donors (Lipinski definition) is 2. The molecule has 3 heterocycles. The van der Waals surface area contributed by atoms with E-state index >= 15 is 0 Å². The zero-order chi connectivity index (χ0) is 26.8. The third-order valence-electron chi connectivity index (χ3n) is 5.85. The number of rotatable bonds is 6. The molecule has 5 aromatic rings. The predicted molar refractivity (Wildman–Crippen MR) is 143 cm³/mol. The fraction of sp³-hybridized carbons (Fsp3) is 0.111. The monoisotopic (exact) mass is 527 g/mol. The van der Waals surface area contributed by atoms with Gasteiger partial charge in [0.05, 0.1) is 28.9 Å². The van der Waals surface area contributed by atoms with E-state index < -0.39 is 11.9 Å².